The zero-order valence-electron chi connectivity index (χ0n) is 8.06. The summed E-state index contributed by atoms with van der Waals surface area (Å²) < 4.78 is 5.77. The van der Waals surface area contributed by atoms with Crippen molar-refractivity contribution in [1.29, 1.82) is 0 Å². The molecule has 0 bridgehead atoms. The molecule has 0 radical (unpaired) electrons. The smallest absolute Gasteiger partial charge is 0.120 e. The van der Waals surface area contributed by atoms with Gasteiger partial charge in [0.2, 0.25) is 0 Å². The molecule has 0 saturated heterocycles. The SMILES string of the molecule is CCn1ncc(Cn2nncc2I)c1Br. The van der Waals surface area contributed by atoms with Crippen LogP contribution in [0.1, 0.15) is 12.5 Å². The van der Waals surface area contributed by atoms with Gasteiger partial charge in [0, 0.05) is 12.1 Å². The van der Waals surface area contributed by atoms with E-state index in [1.807, 2.05) is 15.6 Å². The van der Waals surface area contributed by atoms with Crippen LogP contribution in [0.15, 0.2) is 17.0 Å². The number of hydrogen-bond acceptors (Lipinski definition) is 3. The molecule has 2 heterocycles. The summed E-state index contributed by atoms with van der Waals surface area (Å²) in [6.07, 6.45) is 3.59. The highest BCUT2D eigenvalue weighted by molar-refractivity contribution is 14.1. The summed E-state index contributed by atoms with van der Waals surface area (Å²) in [4.78, 5) is 0. The highest BCUT2D eigenvalue weighted by atomic mass is 127. The molecule has 2 rings (SSSR count). The van der Waals surface area contributed by atoms with Crippen molar-refractivity contribution in [2.75, 3.05) is 0 Å². The minimum absolute atomic E-state index is 0.693. The Bertz CT molecular complexity index is 463. The summed E-state index contributed by atoms with van der Waals surface area (Å²) in [5, 5.41) is 12.1. The molecule has 2 aromatic heterocycles. The lowest BCUT2D eigenvalue weighted by atomic mass is 10.4. The molecule has 0 atom stereocenters. The van der Waals surface area contributed by atoms with Crippen molar-refractivity contribution in [3.8, 4) is 0 Å². The van der Waals surface area contributed by atoms with Crippen LogP contribution in [0.3, 0.4) is 0 Å². The van der Waals surface area contributed by atoms with Crippen LogP contribution in [-0.2, 0) is 13.1 Å². The van der Waals surface area contributed by atoms with Crippen molar-refractivity contribution < 1.29 is 0 Å². The maximum atomic E-state index is 4.25. The molecule has 0 aliphatic heterocycles. The summed E-state index contributed by atoms with van der Waals surface area (Å²) >= 11 is 5.72. The van der Waals surface area contributed by atoms with Crippen LogP contribution >= 0.6 is 38.5 Å². The van der Waals surface area contributed by atoms with Crippen molar-refractivity contribution in [1.82, 2.24) is 24.8 Å². The summed E-state index contributed by atoms with van der Waals surface area (Å²) in [7, 11) is 0. The third kappa shape index (κ3) is 2.22. The maximum absolute atomic E-state index is 4.25. The molecule has 0 spiro atoms. The quantitative estimate of drug-likeness (QED) is 0.763. The van der Waals surface area contributed by atoms with Crippen molar-refractivity contribution >= 4 is 38.5 Å². The fourth-order valence-corrected chi connectivity index (χ4v) is 2.21. The molecular formula is C8H9BrIN5. The molecule has 0 saturated carbocycles. The normalized spacial score (nSPS) is 10.9. The maximum Gasteiger partial charge on any atom is 0.120 e. The van der Waals surface area contributed by atoms with Crippen LogP contribution in [0.25, 0.3) is 0 Å². The molecular weight excluding hydrogens is 373 g/mol. The Hall–Kier alpha value is -0.440. The van der Waals surface area contributed by atoms with E-state index in [1.54, 1.807) is 6.20 Å². The Labute approximate surface area is 109 Å². The van der Waals surface area contributed by atoms with Crippen molar-refractivity contribution in [3.05, 3.63) is 26.3 Å². The molecule has 0 unspecified atom stereocenters. The Morgan fingerprint density at radius 1 is 1.40 bits per heavy atom. The van der Waals surface area contributed by atoms with Crippen LogP contribution in [0.4, 0.5) is 0 Å². The molecule has 15 heavy (non-hydrogen) atoms. The van der Waals surface area contributed by atoms with Gasteiger partial charge in [-0.3, -0.25) is 4.68 Å². The summed E-state index contributed by atoms with van der Waals surface area (Å²) in [6.45, 7) is 3.61. The van der Waals surface area contributed by atoms with E-state index in [9.17, 15) is 0 Å². The van der Waals surface area contributed by atoms with E-state index in [0.29, 0.717) is 6.54 Å². The van der Waals surface area contributed by atoms with Gasteiger partial charge in [-0.1, -0.05) is 5.21 Å². The van der Waals surface area contributed by atoms with Crippen LogP contribution in [0.5, 0.6) is 0 Å². The van der Waals surface area contributed by atoms with Gasteiger partial charge in [-0.25, -0.2) is 4.68 Å². The van der Waals surface area contributed by atoms with E-state index >= 15 is 0 Å². The van der Waals surface area contributed by atoms with Crippen LogP contribution in [-0.4, -0.2) is 24.8 Å². The topological polar surface area (TPSA) is 48.5 Å². The molecule has 0 N–H and O–H groups in total. The number of nitrogens with zero attached hydrogens (tertiary/aromatic N) is 5. The number of aromatic nitrogens is 5. The third-order valence-corrected chi connectivity index (χ3v) is 3.79. The van der Waals surface area contributed by atoms with E-state index in [2.05, 4.69) is 60.9 Å². The zero-order chi connectivity index (χ0) is 10.8. The van der Waals surface area contributed by atoms with Crippen molar-refractivity contribution in [3.63, 3.8) is 0 Å². The Morgan fingerprint density at radius 2 is 2.20 bits per heavy atom. The Kier molecular flexibility index (Phi) is 3.39. The lowest BCUT2D eigenvalue weighted by Crippen LogP contribution is -2.04. The van der Waals surface area contributed by atoms with Gasteiger partial charge in [-0.2, -0.15) is 5.10 Å². The van der Waals surface area contributed by atoms with E-state index in [1.165, 1.54) is 0 Å². The van der Waals surface area contributed by atoms with Crippen molar-refractivity contribution in [2.45, 2.75) is 20.0 Å². The van der Waals surface area contributed by atoms with E-state index in [0.717, 1.165) is 20.4 Å². The molecule has 0 amide bonds. The number of halogens is 2. The first kappa shape index (κ1) is 11.1. The van der Waals surface area contributed by atoms with Gasteiger partial charge < -0.3 is 0 Å². The highest BCUT2D eigenvalue weighted by Gasteiger charge is 2.09. The monoisotopic (exact) mass is 381 g/mol. The van der Waals surface area contributed by atoms with Crippen LogP contribution in [0, 0.1) is 3.70 Å². The second-order valence-corrected chi connectivity index (χ2v) is 4.85. The average Bonchev–Trinajstić information content (AvgIpc) is 2.77. The molecule has 0 aliphatic carbocycles. The first-order valence-electron chi connectivity index (χ1n) is 4.46. The van der Waals surface area contributed by atoms with E-state index in [-0.39, 0.29) is 0 Å². The number of hydrogen-bond donors (Lipinski definition) is 0. The molecule has 7 heteroatoms. The second kappa shape index (κ2) is 4.60. The minimum atomic E-state index is 0.693. The second-order valence-electron chi connectivity index (χ2n) is 2.99. The van der Waals surface area contributed by atoms with Crippen LogP contribution in [0.2, 0.25) is 0 Å². The fourth-order valence-electron chi connectivity index (χ4n) is 1.25. The molecule has 0 aliphatic rings. The van der Waals surface area contributed by atoms with E-state index < -0.39 is 0 Å². The largest absolute Gasteiger partial charge is 0.258 e. The predicted molar refractivity (Wildman–Crippen MR) is 67.4 cm³/mol. The van der Waals surface area contributed by atoms with Gasteiger partial charge in [0.05, 0.1) is 18.9 Å². The fraction of sp³-hybridized carbons (Fsp3) is 0.375. The summed E-state index contributed by atoms with van der Waals surface area (Å²) in [6, 6.07) is 0. The minimum Gasteiger partial charge on any atom is -0.258 e. The first-order valence-corrected chi connectivity index (χ1v) is 6.33. The first-order chi connectivity index (χ1) is 7.22. The molecule has 0 aromatic carbocycles. The lowest BCUT2D eigenvalue weighted by Gasteiger charge is -2.01. The van der Waals surface area contributed by atoms with Gasteiger partial charge in [-0.05, 0) is 45.4 Å². The van der Waals surface area contributed by atoms with Gasteiger partial charge in [0.25, 0.3) is 0 Å². The molecule has 80 valence electrons. The Balaban J connectivity index is 2.25. The zero-order valence-corrected chi connectivity index (χ0v) is 11.8. The molecule has 5 nitrogen and oxygen atoms in total. The third-order valence-electron chi connectivity index (χ3n) is 2.03. The standard InChI is InChI=1S/C8H9BrIN5/c1-2-14-8(9)6(3-12-14)5-15-7(10)4-11-13-15/h3-4H,2,5H2,1H3. The molecule has 0 fully saturated rings. The number of aryl methyl sites for hydroxylation is 1. The highest BCUT2D eigenvalue weighted by Crippen LogP contribution is 2.17. The van der Waals surface area contributed by atoms with Crippen molar-refractivity contribution in [2.24, 2.45) is 0 Å². The average molecular weight is 382 g/mol. The number of rotatable bonds is 3. The van der Waals surface area contributed by atoms with Gasteiger partial charge in [-0.15, -0.1) is 5.10 Å². The van der Waals surface area contributed by atoms with E-state index in [4.69, 9.17) is 0 Å². The Morgan fingerprint density at radius 3 is 2.73 bits per heavy atom. The van der Waals surface area contributed by atoms with Crippen LogP contribution < -0.4 is 0 Å². The van der Waals surface area contributed by atoms with Gasteiger partial charge in [0.15, 0.2) is 0 Å². The lowest BCUT2D eigenvalue weighted by molar-refractivity contribution is 0.624. The van der Waals surface area contributed by atoms with Gasteiger partial charge >= 0.3 is 0 Å². The molecule has 2 aromatic rings. The predicted octanol–water partition coefficient (Wildman–Crippen LogP) is 1.91. The summed E-state index contributed by atoms with van der Waals surface area (Å²) in [5.41, 5.74) is 1.11. The summed E-state index contributed by atoms with van der Waals surface area (Å²) in [5.74, 6) is 0. The van der Waals surface area contributed by atoms with Gasteiger partial charge in [0.1, 0.15) is 8.30 Å².